The SMILES string of the molecule is O=C1CSc2ccc(NCc3ccc(O)c(O)c3)cc2N1. The van der Waals surface area contributed by atoms with Gasteiger partial charge in [-0.25, -0.2) is 0 Å². The second-order valence-electron chi connectivity index (χ2n) is 4.72. The van der Waals surface area contributed by atoms with Gasteiger partial charge in [0.05, 0.1) is 11.4 Å². The van der Waals surface area contributed by atoms with E-state index in [2.05, 4.69) is 10.6 Å². The van der Waals surface area contributed by atoms with E-state index in [1.54, 1.807) is 6.07 Å². The van der Waals surface area contributed by atoms with Crippen LogP contribution in [0, 0.1) is 0 Å². The zero-order chi connectivity index (χ0) is 14.8. The maximum Gasteiger partial charge on any atom is 0.234 e. The molecule has 0 bridgehead atoms. The zero-order valence-corrected chi connectivity index (χ0v) is 11.9. The van der Waals surface area contributed by atoms with Crippen molar-refractivity contribution in [3.8, 4) is 11.5 Å². The molecule has 0 radical (unpaired) electrons. The molecule has 1 heterocycles. The van der Waals surface area contributed by atoms with Gasteiger partial charge >= 0.3 is 0 Å². The molecule has 0 aliphatic carbocycles. The summed E-state index contributed by atoms with van der Waals surface area (Å²) in [5, 5.41) is 24.8. The summed E-state index contributed by atoms with van der Waals surface area (Å²) < 4.78 is 0. The fourth-order valence-corrected chi connectivity index (χ4v) is 2.86. The molecule has 21 heavy (non-hydrogen) atoms. The Morgan fingerprint density at radius 1 is 1.14 bits per heavy atom. The number of aromatic hydroxyl groups is 2. The number of phenols is 2. The van der Waals surface area contributed by atoms with Crippen LogP contribution in [0.1, 0.15) is 5.56 Å². The summed E-state index contributed by atoms with van der Waals surface area (Å²) in [4.78, 5) is 12.4. The average molecular weight is 302 g/mol. The lowest BCUT2D eigenvalue weighted by molar-refractivity contribution is -0.113. The van der Waals surface area contributed by atoms with E-state index in [-0.39, 0.29) is 17.4 Å². The number of phenolic OH excluding ortho intramolecular Hbond substituents is 2. The molecule has 6 heteroatoms. The molecule has 1 aliphatic rings. The third kappa shape index (κ3) is 3.05. The highest BCUT2D eigenvalue weighted by atomic mass is 32.2. The molecule has 0 saturated heterocycles. The Hall–Kier alpha value is -2.34. The summed E-state index contributed by atoms with van der Waals surface area (Å²) in [5.41, 5.74) is 2.54. The van der Waals surface area contributed by atoms with Gasteiger partial charge in [-0.15, -0.1) is 11.8 Å². The van der Waals surface area contributed by atoms with Gasteiger partial charge in [0.25, 0.3) is 0 Å². The Bertz CT molecular complexity index is 703. The first-order valence-corrected chi connectivity index (χ1v) is 7.42. The normalized spacial score (nSPS) is 13.4. The number of benzene rings is 2. The lowest BCUT2D eigenvalue weighted by Gasteiger charge is -2.17. The van der Waals surface area contributed by atoms with Crippen LogP contribution in [0.3, 0.4) is 0 Å². The van der Waals surface area contributed by atoms with Crippen molar-refractivity contribution in [2.24, 2.45) is 0 Å². The van der Waals surface area contributed by atoms with Gasteiger partial charge in [-0.1, -0.05) is 6.07 Å². The van der Waals surface area contributed by atoms with E-state index in [1.807, 2.05) is 18.2 Å². The number of carbonyl (C=O) groups excluding carboxylic acids is 1. The average Bonchev–Trinajstić information content (AvgIpc) is 2.48. The van der Waals surface area contributed by atoms with Gasteiger partial charge in [-0.05, 0) is 35.9 Å². The maximum atomic E-state index is 11.4. The van der Waals surface area contributed by atoms with Crippen molar-refractivity contribution in [2.75, 3.05) is 16.4 Å². The molecule has 2 aromatic rings. The van der Waals surface area contributed by atoms with Crippen molar-refractivity contribution in [1.82, 2.24) is 0 Å². The Morgan fingerprint density at radius 3 is 2.81 bits per heavy atom. The van der Waals surface area contributed by atoms with Crippen LogP contribution < -0.4 is 10.6 Å². The van der Waals surface area contributed by atoms with Crippen LogP contribution in [0.25, 0.3) is 0 Å². The summed E-state index contributed by atoms with van der Waals surface area (Å²) in [7, 11) is 0. The zero-order valence-electron chi connectivity index (χ0n) is 11.1. The number of thioether (sulfide) groups is 1. The van der Waals surface area contributed by atoms with Crippen LogP contribution in [0.5, 0.6) is 11.5 Å². The second kappa shape index (κ2) is 5.57. The number of anilines is 2. The molecule has 5 nitrogen and oxygen atoms in total. The van der Waals surface area contributed by atoms with Crippen LogP contribution >= 0.6 is 11.8 Å². The van der Waals surface area contributed by atoms with Crippen LogP contribution in [-0.4, -0.2) is 21.9 Å². The van der Waals surface area contributed by atoms with Gasteiger partial charge in [0, 0.05) is 17.1 Å². The first-order valence-electron chi connectivity index (χ1n) is 6.43. The molecule has 0 fully saturated rings. The summed E-state index contributed by atoms with van der Waals surface area (Å²) in [6, 6.07) is 10.5. The molecule has 0 unspecified atom stereocenters. The maximum absolute atomic E-state index is 11.4. The largest absolute Gasteiger partial charge is 0.504 e. The number of nitrogens with one attached hydrogen (secondary N) is 2. The third-order valence-electron chi connectivity index (χ3n) is 3.15. The first-order chi connectivity index (χ1) is 10.1. The van der Waals surface area contributed by atoms with Crippen molar-refractivity contribution < 1.29 is 15.0 Å². The minimum Gasteiger partial charge on any atom is -0.504 e. The molecule has 1 aliphatic heterocycles. The molecule has 0 aromatic heterocycles. The molecular weight excluding hydrogens is 288 g/mol. The monoisotopic (exact) mass is 302 g/mol. The van der Waals surface area contributed by atoms with E-state index >= 15 is 0 Å². The van der Waals surface area contributed by atoms with Crippen molar-refractivity contribution in [3.63, 3.8) is 0 Å². The molecule has 3 rings (SSSR count). The number of rotatable bonds is 3. The third-order valence-corrected chi connectivity index (χ3v) is 4.22. The van der Waals surface area contributed by atoms with E-state index in [4.69, 9.17) is 0 Å². The van der Waals surface area contributed by atoms with Crippen molar-refractivity contribution in [1.29, 1.82) is 0 Å². The van der Waals surface area contributed by atoms with Crippen molar-refractivity contribution in [3.05, 3.63) is 42.0 Å². The molecule has 4 N–H and O–H groups in total. The number of hydrogen-bond acceptors (Lipinski definition) is 5. The first kappa shape index (κ1) is 13.6. The van der Waals surface area contributed by atoms with Crippen LogP contribution in [0.2, 0.25) is 0 Å². The highest BCUT2D eigenvalue weighted by Crippen LogP contribution is 2.33. The second-order valence-corrected chi connectivity index (χ2v) is 5.74. The predicted molar refractivity (Wildman–Crippen MR) is 82.9 cm³/mol. The van der Waals surface area contributed by atoms with Gasteiger partial charge < -0.3 is 20.8 Å². The molecule has 0 atom stereocenters. The standard InChI is InChI=1S/C15H14N2O3S/c18-12-3-1-9(5-13(12)19)7-16-10-2-4-14-11(6-10)17-15(20)8-21-14/h1-6,16,18-19H,7-8H2,(H,17,20). The van der Waals surface area contributed by atoms with E-state index in [0.29, 0.717) is 12.3 Å². The topological polar surface area (TPSA) is 81.6 Å². The van der Waals surface area contributed by atoms with Gasteiger partial charge in [0.1, 0.15) is 0 Å². The van der Waals surface area contributed by atoms with Gasteiger partial charge in [-0.2, -0.15) is 0 Å². The molecular formula is C15H14N2O3S. The van der Waals surface area contributed by atoms with Gasteiger partial charge in [-0.3, -0.25) is 4.79 Å². The van der Waals surface area contributed by atoms with E-state index in [1.165, 1.54) is 23.9 Å². The van der Waals surface area contributed by atoms with E-state index < -0.39 is 0 Å². The van der Waals surface area contributed by atoms with Crippen LogP contribution in [-0.2, 0) is 11.3 Å². The molecule has 2 aromatic carbocycles. The quantitative estimate of drug-likeness (QED) is 0.656. The van der Waals surface area contributed by atoms with E-state index in [9.17, 15) is 15.0 Å². The van der Waals surface area contributed by atoms with Crippen LogP contribution in [0.15, 0.2) is 41.3 Å². The Morgan fingerprint density at radius 2 is 2.00 bits per heavy atom. The van der Waals surface area contributed by atoms with Crippen molar-refractivity contribution >= 4 is 29.0 Å². The number of amides is 1. The summed E-state index contributed by atoms with van der Waals surface area (Å²) in [6.45, 7) is 0.508. The lowest BCUT2D eigenvalue weighted by Crippen LogP contribution is -2.18. The number of carbonyl (C=O) groups is 1. The van der Waals surface area contributed by atoms with Crippen molar-refractivity contribution in [2.45, 2.75) is 11.4 Å². The summed E-state index contributed by atoms with van der Waals surface area (Å²) >= 11 is 1.52. The van der Waals surface area contributed by atoms with Crippen LogP contribution in [0.4, 0.5) is 11.4 Å². The minimum atomic E-state index is -0.136. The molecule has 0 saturated carbocycles. The highest BCUT2D eigenvalue weighted by Gasteiger charge is 2.15. The summed E-state index contributed by atoms with van der Waals surface area (Å²) in [6.07, 6.45) is 0. The summed E-state index contributed by atoms with van der Waals surface area (Å²) in [5.74, 6) is 0.191. The molecule has 1 amide bonds. The Labute approximate surface area is 126 Å². The predicted octanol–water partition coefficient (Wildman–Crippen LogP) is 2.75. The number of fused-ring (bicyclic) bond motifs is 1. The Kier molecular flexibility index (Phi) is 3.62. The fraction of sp³-hybridized carbons (Fsp3) is 0.133. The fourth-order valence-electron chi connectivity index (χ4n) is 2.08. The van der Waals surface area contributed by atoms with Gasteiger partial charge in [0.2, 0.25) is 5.91 Å². The Balaban J connectivity index is 1.72. The molecule has 108 valence electrons. The van der Waals surface area contributed by atoms with Gasteiger partial charge in [0.15, 0.2) is 11.5 Å². The highest BCUT2D eigenvalue weighted by molar-refractivity contribution is 8.00. The smallest absolute Gasteiger partial charge is 0.234 e. The number of hydrogen-bond donors (Lipinski definition) is 4. The molecule has 0 spiro atoms. The van der Waals surface area contributed by atoms with E-state index in [0.717, 1.165) is 21.8 Å². The minimum absolute atomic E-state index is 0.00751. The lowest BCUT2D eigenvalue weighted by atomic mass is 10.2.